The minimum atomic E-state index is -0.212. The van der Waals surface area contributed by atoms with Gasteiger partial charge < -0.3 is 25.6 Å². The van der Waals surface area contributed by atoms with Crippen LogP contribution in [0.4, 0.5) is 10.5 Å². The van der Waals surface area contributed by atoms with Crippen molar-refractivity contribution in [3.63, 3.8) is 0 Å². The Balaban J connectivity index is 1.91. The molecule has 2 rings (SSSR count). The van der Waals surface area contributed by atoms with Crippen molar-refractivity contribution < 1.29 is 14.3 Å². The Kier molecular flexibility index (Phi) is 9.44. The Morgan fingerprint density at radius 1 is 1.17 bits per heavy atom. The largest absolute Gasteiger partial charge is 0.466 e. The maximum absolute atomic E-state index is 11.9. The van der Waals surface area contributed by atoms with E-state index < -0.39 is 0 Å². The standard InChI is InChI=1S/C22H35N5O3/c1-5-23-21(27-13-11-18(12-14-27)20(28)30-6-2)24-15-17-7-9-19(10-8-17)26-22(29)25-16(3)4/h7-10,16,18H,5-6,11-15H2,1-4H3,(H,23,24)(H2,25,26,29). The number of benzene rings is 1. The van der Waals surface area contributed by atoms with Gasteiger partial charge in [-0.3, -0.25) is 4.79 Å². The summed E-state index contributed by atoms with van der Waals surface area (Å²) in [6.07, 6.45) is 1.56. The summed E-state index contributed by atoms with van der Waals surface area (Å²) in [5.74, 6) is 0.755. The lowest BCUT2D eigenvalue weighted by molar-refractivity contribution is -0.149. The Morgan fingerprint density at radius 3 is 2.40 bits per heavy atom. The molecule has 8 heteroatoms. The number of nitrogens with one attached hydrogen (secondary N) is 3. The molecule has 1 saturated heterocycles. The fraction of sp³-hybridized carbons (Fsp3) is 0.591. The maximum Gasteiger partial charge on any atom is 0.319 e. The van der Waals surface area contributed by atoms with E-state index in [1.807, 2.05) is 52.0 Å². The van der Waals surface area contributed by atoms with E-state index in [-0.39, 0.29) is 24.0 Å². The van der Waals surface area contributed by atoms with Crippen LogP contribution in [-0.4, -0.2) is 55.1 Å². The Labute approximate surface area is 179 Å². The van der Waals surface area contributed by atoms with Gasteiger partial charge in [0.15, 0.2) is 5.96 Å². The van der Waals surface area contributed by atoms with Gasteiger partial charge in [0.25, 0.3) is 0 Å². The van der Waals surface area contributed by atoms with Crippen LogP contribution in [0, 0.1) is 5.92 Å². The molecule has 0 aromatic heterocycles. The van der Waals surface area contributed by atoms with E-state index in [2.05, 4.69) is 20.9 Å². The maximum atomic E-state index is 11.9. The van der Waals surface area contributed by atoms with Crippen LogP contribution in [0.2, 0.25) is 0 Å². The first-order chi connectivity index (χ1) is 14.4. The molecule has 0 bridgehead atoms. The molecule has 0 spiro atoms. The average molecular weight is 418 g/mol. The molecule has 3 N–H and O–H groups in total. The number of piperidine rings is 1. The SMILES string of the molecule is CCNC(=NCc1ccc(NC(=O)NC(C)C)cc1)N1CCC(C(=O)OCC)CC1. The van der Waals surface area contributed by atoms with Gasteiger partial charge in [-0.1, -0.05) is 12.1 Å². The van der Waals surface area contributed by atoms with Crippen LogP contribution in [0.15, 0.2) is 29.3 Å². The van der Waals surface area contributed by atoms with Crippen molar-refractivity contribution >= 4 is 23.6 Å². The number of esters is 1. The highest BCUT2D eigenvalue weighted by Crippen LogP contribution is 2.19. The van der Waals surface area contributed by atoms with Crippen molar-refractivity contribution in [3.8, 4) is 0 Å². The molecule has 8 nitrogen and oxygen atoms in total. The highest BCUT2D eigenvalue weighted by molar-refractivity contribution is 5.89. The summed E-state index contributed by atoms with van der Waals surface area (Å²) in [7, 11) is 0. The van der Waals surface area contributed by atoms with Crippen molar-refractivity contribution in [2.24, 2.45) is 10.9 Å². The van der Waals surface area contributed by atoms with Gasteiger partial charge in [0.05, 0.1) is 19.1 Å². The van der Waals surface area contributed by atoms with Gasteiger partial charge >= 0.3 is 12.0 Å². The molecule has 30 heavy (non-hydrogen) atoms. The van der Waals surface area contributed by atoms with Crippen LogP contribution >= 0.6 is 0 Å². The van der Waals surface area contributed by atoms with Gasteiger partial charge in [-0.25, -0.2) is 9.79 Å². The first-order valence-electron chi connectivity index (χ1n) is 10.8. The van der Waals surface area contributed by atoms with Crippen molar-refractivity contribution in [1.29, 1.82) is 0 Å². The number of rotatable bonds is 7. The van der Waals surface area contributed by atoms with Crippen LogP contribution in [0.1, 0.15) is 46.1 Å². The number of hydrogen-bond donors (Lipinski definition) is 3. The molecule has 1 aromatic rings. The van der Waals surface area contributed by atoms with E-state index >= 15 is 0 Å². The molecular formula is C22H35N5O3. The summed E-state index contributed by atoms with van der Waals surface area (Å²) in [4.78, 5) is 30.7. The third kappa shape index (κ3) is 7.57. The summed E-state index contributed by atoms with van der Waals surface area (Å²) < 4.78 is 5.15. The summed E-state index contributed by atoms with van der Waals surface area (Å²) in [5, 5.41) is 8.96. The molecule has 0 unspecified atom stereocenters. The molecule has 0 saturated carbocycles. The van der Waals surface area contributed by atoms with E-state index in [9.17, 15) is 9.59 Å². The van der Waals surface area contributed by atoms with Crippen LogP contribution < -0.4 is 16.0 Å². The second-order valence-corrected chi connectivity index (χ2v) is 7.63. The molecule has 1 aliphatic rings. The smallest absolute Gasteiger partial charge is 0.319 e. The number of anilines is 1. The van der Waals surface area contributed by atoms with Gasteiger partial charge in [0, 0.05) is 31.4 Å². The van der Waals surface area contributed by atoms with Crippen LogP contribution in [-0.2, 0) is 16.1 Å². The van der Waals surface area contributed by atoms with Gasteiger partial charge in [-0.05, 0) is 58.2 Å². The summed E-state index contributed by atoms with van der Waals surface area (Å²) in [5.41, 5.74) is 1.80. The van der Waals surface area contributed by atoms with Gasteiger partial charge in [0.1, 0.15) is 0 Å². The average Bonchev–Trinajstić information content (AvgIpc) is 2.72. The third-order valence-electron chi connectivity index (χ3n) is 4.79. The van der Waals surface area contributed by atoms with Gasteiger partial charge in [-0.2, -0.15) is 0 Å². The Bertz CT molecular complexity index is 710. The zero-order chi connectivity index (χ0) is 21.9. The molecule has 1 aliphatic heterocycles. The number of ether oxygens (including phenoxy) is 1. The number of guanidine groups is 1. The Morgan fingerprint density at radius 2 is 1.83 bits per heavy atom. The summed E-state index contributed by atoms with van der Waals surface area (Å²) >= 11 is 0. The zero-order valence-corrected chi connectivity index (χ0v) is 18.5. The molecule has 0 atom stereocenters. The van der Waals surface area contributed by atoms with E-state index in [1.165, 1.54) is 0 Å². The topological polar surface area (TPSA) is 95.1 Å². The molecule has 1 fully saturated rings. The second kappa shape index (κ2) is 12.0. The van der Waals surface area contributed by atoms with Gasteiger partial charge in [-0.15, -0.1) is 0 Å². The molecule has 1 aromatic carbocycles. The lowest BCUT2D eigenvalue weighted by Crippen LogP contribution is -2.46. The minimum absolute atomic E-state index is 0.0167. The van der Waals surface area contributed by atoms with Crippen molar-refractivity contribution in [1.82, 2.24) is 15.5 Å². The third-order valence-corrected chi connectivity index (χ3v) is 4.79. The van der Waals surface area contributed by atoms with Crippen molar-refractivity contribution in [2.75, 3.05) is 31.6 Å². The number of carbonyl (C=O) groups is 2. The Hall–Kier alpha value is -2.77. The normalized spacial score (nSPS) is 15.1. The number of urea groups is 1. The molecule has 1 heterocycles. The predicted octanol–water partition coefficient (Wildman–Crippen LogP) is 2.96. The highest BCUT2D eigenvalue weighted by Gasteiger charge is 2.27. The fourth-order valence-corrected chi connectivity index (χ4v) is 3.30. The second-order valence-electron chi connectivity index (χ2n) is 7.63. The van der Waals surface area contributed by atoms with E-state index in [0.717, 1.165) is 49.7 Å². The van der Waals surface area contributed by atoms with E-state index in [4.69, 9.17) is 9.73 Å². The number of likely N-dealkylation sites (tertiary alicyclic amines) is 1. The highest BCUT2D eigenvalue weighted by atomic mass is 16.5. The van der Waals surface area contributed by atoms with Gasteiger partial charge in [0.2, 0.25) is 0 Å². The molecule has 2 amide bonds. The number of aliphatic imine (C=N–C) groups is 1. The lowest BCUT2D eigenvalue weighted by atomic mass is 9.97. The predicted molar refractivity (Wildman–Crippen MR) is 119 cm³/mol. The number of amides is 2. The fourth-order valence-electron chi connectivity index (χ4n) is 3.30. The first kappa shape index (κ1) is 23.5. The molecule has 166 valence electrons. The quantitative estimate of drug-likeness (QED) is 0.360. The number of carbonyl (C=O) groups excluding carboxylic acids is 2. The minimum Gasteiger partial charge on any atom is -0.466 e. The summed E-state index contributed by atoms with van der Waals surface area (Å²) in [6.45, 7) is 11.0. The zero-order valence-electron chi connectivity index (χ0n) is 18.5. The molecule has 0 aliphatic carbocycles. The number of nitrogens with zero attached hydrogens (tertiary/aromatic N) is 2. The molecule has 0 radical (unpaired) electrons. The van der Waals surface area contributed by atoms with Crippen molar-refractivity contribution in [2.45, 2.75) is 53.1 Å². The number of hydrogen-bond acceptors (Lipinski definition) is 4. The van der Waals surface area contributed by atoms with Crippen LogP contribution in [0.5, 0.6) is 0 Å². The van der Waals surface area contributed by atoms with E-state index in [0.29, 0.717) is 13.2 Å². The van der Waals surface area contributed by atoms with Crippen LogP contribution in [0.25, 0.3) is 0 Å². The monoisotopic (exact) mass is 417 g/mol. The summed E-state index contributed by atoms with van der Waals surface area (Å²) in [6, 6.07) is 7.56. The molecular weight excluding hydrogens is 382 g/mol. The lowest BCUT2D eigenvalue weighted by Gasteiger charge is -2.33. The van der Waals surface area contributed by atoms with E-state index in [1.54, 1.807) is 0 Å². The van der Waals surface area contributed by atoms with Crippen LogP contribution in [0.3, 0.4) is 0 Å². The van der Waals surface area contributed by atoms with Crippen molar-refractivity contribution in [3.05, 3.63) is 29.8 Å². The first-order valence-corrected chi connectivity index (χ1v) is 10.8.